The van der Waals surface area contributed by atoms with Crippen molar-refractivity contribution in [2.45, 2.75) is 84.0 Å². The number of rotatable bonds is 8. The molecule has 4 aromatic carbocycles. The third kappa shape index (κ3) is 10.6. The molecule has 0 aliphatic carbocycles. The number of phenols is 1. The molecule has 4 aromatic rings. The monoisotopic (exact) mass is 629 g/mol. The van der Waals surface area contributed by atoms with E-state index in [-0.39, 0.29) is 35.6 Å². The van der Waals surface area contributed by atoms with Gasteiger partial charge < -0.3 is 19.5 Å². The van der Waals surface area contributed by atoms with E-state index >= 15 is 0 Å². The van der Waals surface area contributed by atoms with Crippen molar-refractivity contribution in [3.05, 3.63) is 131 Å². The number of hydrogen-bond donors (Lipinski definition) is 1. The summed E-state index contributed by atoms with van der Waals surface area (Å²) in [6, 6.07) is 28.7. The Morgan fingerprint density at radius 3 is 1.93 bits per heavy atom. The van der Waals surface area contributed by atoms with Crippen molar-refractivity contribution in [1.29, 1.82) is 0 Å². The number of hydrogen-bond acceptors (Lipinski definition) is 4. The van der Waals surface area contributed by atoms with Gasteiger partial charge in [-0.2, -0.15) is 0 Å². The van der Waals surface area contributed by atoms with Crippen LogP contribution in [0.1, 0.15) is 62.8 Å². The van der Waals surface area contributed by atoms with Gasteiger partial charge in [-0.15, -0.1) is 0 Å². The zero-order valence-corrected chi connectivity index (χ0v) is 27.2. The van der Waals surface area contributed by atoms with E-state index in [0.29, 0.717) is 30.7 Å². The number of ether oxygens (including phenoxy) is 2. The summed E-state index contributed by atoms with van der Waals surface area (Å²) < 4.78 is 38.8. The number of halogens is 2. The van der Waals surface area contributed by atoms with Crippen molar-refractivity contribution in [2.75, 3.05) is 6.54 Å². The molecule has 244 valence electrons. The van der Waals surface area contributed by atoms with E-state index in [0.717, 1.165) is 31.2 Å². The Labute approximate surface area is 271 Å². The van der Waals surface area contributed by atoms with Gasteiger partial charge in [0, 0.05) is 6.54 Å². The SMILES string of the molecule is CC1C(Oc2ccc(F)cc2CCc2ccccc2)CCCN1C(=O)OC(C)(C)C.Oc1ccc(F)cc1CCc1ccccc1. The maximum absolute atomic E-state index is 13.9. The van der Waals surface area contributed by atoms with E-state index in [1.807, 2.05) is 76.2 Å². The van der Waals surface area contributed by atoms with E-state index in [4.69, 9.17) is 9.47 Å². The van der Waals surface area contributed by atoms with Crippen LogP contribution in [0.3, 0.4) is 0 Å². The highest BCUT2D eigenvalue weighted by Crippen LogP contribution is 2.29. The van der Waals surface area contributed by atoms with Gasteiger partial charge in [0.1, 0.15) is 34.8 Å². The summed E-state index contributed by atoms with van der Waals surface area (Å²) >= 11 is 0. The number of nitrogens with zero attached hydrogens (tertiary/aromatic N) is 1. The molecule has 7 heteroatoms. The van der Waals surface area contributed by atoms with Crippen LogP contribution in [0.25, 0.3) is 0 Å². The van der Waals surface area contributed by atoms with Crippen molar-refractivity contribution in [1.82, 2.24) is 4.90 Å². The molecule has 0 saturated carbocycles. The summed E-state index contributed by atoms with van der Waals surface area (Å²) in [6.07, 6.45) is 4.16. The molecule has 0 aromatic heterocycles. The van der Waals surface area contributed by atoms with E-state index in [2.05, 4.69) is 12.1 Å². The molecule has 1 fully saturated rings. The average Bonchev–Trinajstić information content (AvgIpc) is 3.03. The first kappa shape index (κ1) is 34.5. The van der Waals surface area contributed by atoms with Crippen LogP contribution in [-0.2, 0) is 30.4 Å². The molecule has 1 saturated heterocycles. The lowest BCUT2D eigenvalue weighted by molar-refractivity contribution is -0.0120. The maximum Gasteiger partial charge on any atom is 0.410 e. The fraction of sp³-hybridized carbons (Fsp3) is 0.359. The number of carbonyl (C=O) groups excluding carboxylic acids is 1. The first-order valence-electron chi connectivity index (χ1n) is 16.0. The van der Waals surface area contributed by atoms with Crippen LogP contribution in [0.4, 0.5) is 13.6 Å². The van der Waals surface area contributed by atoms with E-state index < -0.39 is 5.60 Å². The molecule has 5 nitrogen and oxygen atoms in total. The van der Waals surface area contributed by atoms with Gasteiger partial charge in [0.15, 0.2) is 0 Å². The second-order valence-electron chi connectivity index (χ2n) is 12.7. The molecular formula is C39H45F2NO4. The third-order valence-corrected chi connectivity index (χ3v) is 7.94. The van der Waals surface area contributed by atoms with Crippen molar-refractivity contribution in [3.63, 3.8) is 0 Å². The summed E-state index contributed by atoms with van der Waals surface area (Å²) in [5.74, 6) is 0.283. The Morgan fingerprint density at radius 2 is 1.35 bits per heavy atom. The van der Waals surface area contributed by atoms with E-state index in [1.54, 1.807) is 17.0 Å². The predicted octanol–water partition coefficient (Wildman–Crippen LogP) is 9.09. The minimum absolute atomic E-state index is 0.124. The Hall–Kier alpha value is -4.39. The Kier molecular flexibility index (Phi) is 12.2. The molecule has 5 rings (SSSR count). The number of amides is 1. The van der Waals surface area contributed by atoms with Gasteiger partial charge in [0.05, 0.1) is 6.04 Å². The zero-order chi connectivity index (χ0) is 33.1. The molecule has 1 aliphatic heterocycles. The largest absolute Gasteiger partial charge is 0.508 e. The molecule has 1 N–H and O–H groups in total. The van der Waals surface area contributed by atoms with Crippen molar-refractivity contribution in [3.8, 4) is 11.5 Å². The van der Waals surface area contributed by atoms with Gasteiger partial charge in [-0.05, 0) is 125 Å². The van der Waals surface area contributed by atoms with E-state index in [1.165, 1.54) is 35.4 Å². The summed E-state index contributed by atoms with van der Waals surface area (Å²) in [6.45, 7) is 8.24. The molecule has 0 radical (unpaired) electrons. The van der Waals surface area contributed by atoms with Gasteiger partial charge in [0.25, 0.3) is 0 Å². The molecule has 46 heavy (non-hydrogen) atoms. The summed E-state index contributed by atoms with van der Waals surface area (Å²) in [5.41, 5.74) is 3.36. The van der Waals surface area contributed by atoms with Crippen molar-refractivity contribution in [2.24, 2.45) is 0 Å². The average molecular weight is 630 g/mol. The summed E-state index contributed by atoms with van der Waals surface area (Å²) in [5, 5.41) is 9.55. The predicted molar refractivity (Wildman–Crippen MR) is 178 cm³/mol. The van der Waals surface area contributed by atoms with Crippen molar-refractivity contribution < 1.29 is 28.2 Å². The fourth-order valence-corrected chi connectivity index (χ4v) is 5.47. The Balaban J connectivity index is 0.000000252. The van der Waals surface area contributed by atoms with Crippen LogP contribution < -0.4 is 4.74 Å². The molecule has 0 spiro atoms. The Bertz CT molecular complexity index is 1540. The lowest BCUT2D eigenvalue weighted by Crippen LogP contribution is -2.52. The lowest BCUT2D eigenvalue weighted by Gasteiger charge is -2.39. The topological polar surface area (TPSA) is 59.0 Å². The smallest absolute Gasteiger partial charge is 0.410 e. The zero-order valence-electron chi connectivity index (χ0n) is 27.2. The molecule has 1 amide bonds. The van der Waals surface area contributed by atoms with E-state index in [9.17, 15) is 18.7 Å². The normalized spacial score (nSPS) is 16.3. The van der Waals surface area contributed by atoms with Crippen LogP contribution in [0, 0.1) is 11.6 Å². The third-order valence-electron chi connectivity index (χ3n) is 7.94. The summed E-state index contributed by atoms with van der Waals surface area (Å²) in [4.78, 5) is 14.3. The number of piperidine rings is 1. The highest BCUT2D eigenvalue weighted by molar-refractivity contribution is 5.68. The minimum Gasteiger partial charge on any atom is -0.508 e. The van der Waals surface area contributed by atoms with Crippen LogP contribution in [0.15, 0.2) is 97.1 Å². The molecular weight excluding hydrogens is 584 g/mol. The molecule has 2 atom stereocenters. The quantitative estimate of drug-likeness (QED) is 0.211. The first-order chi connectivity index (χ1) is 22.0. The van der Waals surface area contributed by atoms with Gasteiger partial charge in [-0.1, -0.05) is 60.7 Å². The number of phenolic OH excluding ortho intramolecular Hbond substituents is 1. The van der Waals surface area contributed by atoms with Gasteiger partial charge in [-0.3, -0.25) is 0 Å². The van der Waals surface area contributed by atoms with Crippen molar-refractivity contribution >= 4 is 6.09 Å². The number of aromatic hydroxyl groups is 1. The fourth-order valence-electron chi connectivity index (χ4n) is 5.47. The van der Waals surface area contributed by atoms with Gasteiger partial charge in [0.2, 0.25) is 0 Å². The maximum atomic E-state index is 13.9. The van der Waals surface area contributed by atoms with Gasteiger partial charge >= 0.3 is 6.09 Å². The summed E-state index contributed by atoms with van der Waals surface area (Å²) in [7, 11) is 0. The van der Waals surface area contributed by atoms with Crippen LogP contribution >= 0.6 is 0 Å². The van der Waals surface area contributed by atoms with Crippen LogP contribution in [0.5, 0.6) is 11.5 Å². The number of carbonyl (C=O) groups is 1. The second-order valence-corrected chi connectivity index (χ2v) is 12.7. The number of aryl methyl sites for hydroxylation is 4. The number of likely N-dealkylation sites (tertiary alicyclic amines) is 1. The standard InChI is InChI=1S/C25H32FNO3.C14H13FO/c1-18-22(11-8-16-27(18)24(28)30-25(2,3)4)29-23-15-14-21(26)17-20(23)13-12-19-9-6-5-7-10-19;15-13-8-9-14(16)12(10-13)7-6-11-4-2-1-3-5-11/h5-7,9-10,14-15,17-18,22H,8,11-13,16H2,1-4H3;1-5,8-10,16H,6-7H2. The highest BCUT2D eigenvalue weighted by Gasteiger charge is 2.35. The Morgan fingerprint density at radius 1 is 0.804 bits per heavy atom. The minimum atomic E-state index is -0.536. The van der Waals surface area contributed by atoms with Crippen LogP contribution in [-0.4, -0.2) is 40.4 Å². The molecule has 1 aliphatic rings. The molecule has 1 heterocycles. The lowest BCUT2D eigenvalue weighted by atomic mass is 9.99. The second kappa shape index (κ2) is 16.3. The van der Waals surface area contributed by atoms with Gasteiger partial charge in [-0.25, -0.2) is 13.6 Å². The first-order valence-corrected chi connectivity index (χ1v) is 16.0. The number of benzene rings is 4. The molecule has 0 bridgehead atoms. The highest BCUT2D eigenvalue weighted by atomic mass is 19.1. The van der Waals surface area contributed by atoms with Crippen LogP contribution in [0.2, 0.25) is 0 Å². The molecule has 2 unspecified atom stereocenters.